The van der Waals surface area contributed by atoms with Crippen LogP contribution >= 0.6 is 0 Å². The van der Waals surface area contributed by atoms with Crippen molar-refractivity contribution in [3.05, 3.63) is 437 Å². The predicted octanol–water partition coefficient (Wildman–Crippen LogP) is 29.3. The smallest absolute Gasteiger partial charge is 0.0540 e. The van der Waals surface area contributed by atoms with E-state index in [1.807, 2.05) is 0 Å². The fourth-order valence-electron chi connectivity index (χ4n) is 15.4. The van der Waals surface area contributed by atoms with Gasteiger partial charge in [-0.2, -0.15) is 0 Å². The zero-order valence-corrected chi connectivity index (χ0v) is 58.5. The first-order chi connectivity index (χ1) is 52.6. The van der Waals surface area contributed by atoms with Gasteiger partial charge in [-0.05, 0) is 218 Å². The van der Waals surface area contributed by atoms with Crippen molar-refractivity contribution in [3.8, 4) is 122 Å². The fraction of sp³-hybridized carbons (Fsp3) is 0. The second-order valence-electron chi connectivity index (χ2n) is 27.1. The fourth-order valence-corrected chi connectivity index (χ4v) is 15.4. The normalized spacial score (nSPS) is 11.2. The summed E-state index contributed by atoms with van der Waals surface area (Å²) in [5.41, 5.74) is 32.1. The van der Waals surface area contributed by atoms with Crippen molar-refractivity contribution in [2.24, 2.45) is 0 Å². The monoisotopic (exact) mass is 1350 g/mol. The lowest BCUT2D eigenvalue weighted by molar-refractivity contribution is 1.28. The van der Waals surface area contributed by atoms with Gasteiger partial charge in [-0.25, -0.2) is 0 Å². The lowest BCUT2D eigenvalue weighted by atomic mass is 9.91. The summed E-state index contributed by atoms with van der Waals surface area (Å²) < 4.78 is 0. The van der Waals surface area contributed by atoms with Crippen molar-refractivity contribution in [2.75, 3.05) is 9.80 Å². The van der Waals surface area contributed by atoms with Crippen LogP contribution in [-0.2, 0) is 0 Å². The summed E-state index contributed by atoms with van der Waals surface area (Å²) in [5, 5.41) is 4.86. The van der Waals surface area contributed by atoms with Crippen molar-refractivity contribution < 1.29 is 0 Å². The van der Waals surface area contributed by atoms with E-state index in [9.17, 15) is 0 Å². The number of rotatable bonds is 17. The first-order valence-electron chi connectivity index (χ1n) is 36.4. The zero-order chi connectivity index (χ0) is 70.5. The van der Waals surface area contributed by atoms with E-state index in [1.54, 1.807) is 0 Å². The highest BCUT2D eigenvalue weighted by Crippen LogP contribution is 2.48. The Morgan fingerprint density at radius 2 is 0.358 bits per heavy atom. The van der Waals surface area contributed by atoms with Gasteiger partial charge in [0.1, 0.15) is 0 Å². The summed E-state index contributed by atoms with van der Waals surface area (Å²) in [5.74, 6) is 0. The quantitative estimate of drug-likeness (QED) is 0.0896. The number of hydrogen-bond donors (Lipinski definition) is 0. The molecule has 0 atom stereocenters. The van der Waals surface area contributed by atoms with Gasteiger partial charge in [0.15, 0.2) is 0 Å². The van der Waals surface area contributed by atoms with E-state index >= 15 is 0 Å². The Bertz CT molecular complexity index is 6130. The van der Waals surface area contributed by atoms with Gasteiger partial charge in [0.2, 0.25) is 0 Å². The zero-order valence-electron chi connectivity index (χ0n) is 58.5. The maximum Gasteiger partial charge on any atom is 0.0540 e. The lowest BCUT2D eigenvalue weighted by Gasteiger charge is -2.29. The van der Waals surface area contributed by atoms with E-state index in [1.165, 1.54) is 88.3 Å². The van der Waals surface area contributed by atoms with Crippen LogP contribution in [0.3, 0.4) is 0 Å². The molecule has 0 unspecified atom stereocenters. The van der Waals surface area contributed by atoms with Crippen LogP contribution in [0.1, 0.15) is 0 Å². The number of hydrogen-bond acceptors (Lipinski definition) is 2. The molecule has 0 spiro atoms. The van der Waals surface area contributed by atoms with Crippen LogP contribution in [0.25, 0.3) is 144 Å². The summed E-state index contributed by atoms with van der Waals surface area (Å²) in [7, 11) is 0. The molecule has 18 rings (SSSR count). The maximum atomic E-state index is 2.43. The molecule has 0 amide bonds. The van der Waals surface area contributed by atoms with E-state index in [0.29, 0.717) is 0 Å². The molecule has 0 N–H and O–H groups in total. The van der Waals surface area contributed by atoms with Crippen molar-refractivity contribution in [1.82, 2.24) is 0 Å². The molecule has 0 saturated carbocycles. The van der Waals surface area contributed by atoms with Crippen LogP contribution in [-0.4, -0.2) is 0 Å². The summed E-state index contributed by atoms with van der Waals surface area (Å²) in [6.07, 6.45) is 0. The van der Waals surface area contributed by atoms with Crippen LogP contribution in [0, 0.1) is 0 Å². The van der Waals surface area contributed by atoms with Crippen molar-refractivity contribution in [2.45, 2.75) is 0 Å². The standard InChI is InChI=1S/C104H72N2/c1-6-25-73(26-7-1)75-49-59-89(60-50-75)106(104-68-58-88(72-102(104)80-33-14-5-15-34-80)97-43-19-18-42-94(97)77-29-10-3-11-30-77)92-65-55-82(56-66-92)96-45-23-48-100-98(46-24-47-99(96)100)87-40-21-38-84(70-87)76-51-61-90(62-52-76)105(91-63-53-81(54-64-91)95-44-22-36-78-35-16-17-41-93(78)95)103-67-57-86(71-101(103)79-31-12-4-13-32-79)85-39-20-37-83(69-85)74-27-8-2-9-28-74/h1-72H. The van der Waals surface area contributed by atoms with Crippen molar-refractivity contribution in [1.29, 1.82) is 0 Å². The Morgan fingerprint density at radius 3 is 0.849 bits per heavy atom. The Labute approximate surface area is 620 Å². The Balaban J connectivity index is 0.690. The van der Waals surface area contributed by atoms with Gasteiger partial charge in [-0.3, -0.25) is 0 Å². The minimum atomic E-state index is 1.06. The topological polar surface area (TPSA) is 6.48 Å². The number of nitrogens with zero attached hydrogens (tertiary/aromatic N) is 2. The molecule has 0 aliphatic heterocycles. The average Bonchev–Trinajstić information content (AvgIpc) is 0.775. The minimum absolute atomic E-state index is 1.06. The average molecular weight is 1350 g/mol. The molecule has 2 nitrogen and oxygen atoms in total. The molecule has 18 aromatic carbocycles. The molecule has 0 aliphatic carbocycles. The molecule has 0 radical (unpaired) electrons. The third kappa shape index (κ3) is 12.8. The molecule has 0 saturated heterocycles. The largest absolute Gasteiger partial charge is 0.310 e. The van der Waals surface area contributed by atoms with Gasteiger partial charge in [-0.15, -0.1) is 0 Å². The molecule has 0 bridgehead atoms. The Hall–Kier alpha value is -13.9. The Morgan fingerprint density at radius 1 is 0.123 bits per heavy atom. The van der Waals surface area contributed by atoms with Crippen molar-refractivity contribution in [3.63, 3.8) is 0 Å². The molecule has 0 aromatic heterocycles. The number of anilines is 6. The van der Waals surface area contributed by atoms with Crippen LogP contribution in [0.2, 0.25) is 0 Å². The van der Waals surface area contributed by atoms with Gasteiger partial charge >= 0.3 is 0 Å². The van der Waals surface area contributed by atoms with Crippen LogP contribution in [0.5, 0.6) is 0 Å². The molecular formula is C104H72N2. The first kappa shape index (κ1) is 64.2. The minimum Gasteiger partial charge on any atom is -0.310 e. The molecule has 106 heavy (non-hydrogen) atoms. The highest BCUT2D eigenvalue weighted by atomic mass is 15.1. The van der Waals surface area contributed by atoms with Crippen LogP contribution in [0.15, 0.2) is 437 Å². The highest BCUT2D eigenvalue weighted by molar-refractivity contribution is 6.06. The molecule has 0 heterocycles. The third-order valence-corrected chi connectivity index (χ3v) is 20.7. The van der Waals surface area contributed by atoms with E-state index in [-0.39, 0.29) is 0 Å². The second kappa shape index (κ2) is 28.8. The summed E-state index contributed by atoms with van der Waals surface area (Å²) in [6.45, 7) is 0. The number of fused-ring (bicyclic) bond motifs is 2. The summed E-state index contributed by atoms with van der Waals surface area (Å²) in [4.78, 5) is 4.85. The molecule has 0 aliphatic rings. The molecular weight excluding hydrogens is 1280 g/mol. The Kier molecular flexibility index (Phi) is 17.5. The van der Waals surface area contributed by atoms with E-state index in [2.05, 4.69) is 447 Å². The number of benzene rings is 18. The van der Waals surface area contributed by atoms with Gasteiger partial charge in [0.25, 0.3) is 0 Å². The van der Waals surface area contributed by atoms with E-state index in [0.717, 1.165) is 89.8 Å². The summed E-state index contributed by atoms with van der Waals surface area (Å²) in [6, 6.07) is 160. The second-order valence-corrected chi connectivity index (χ2v) is 27.1. The van der Waals surface area contributed by atoms with Gasteiger partial charge in [0.05, 0.1) is 11.4 Å². The van der Waals surface area contributed by atoms with E-state index < -0.39 is 0 Å². The van der Waals surface area contributed by atoms with Crippen molar-refractivity contribution >= 4 is 55.7 Å². The van der Waals surface area contributed by atoms with Crippen LogP contribution in [0.4, 0.5) is 34.1 Å². The lowest BCUT2D eigenvalue weighted by Crippen LogP contribution is -2.11. The maximum absolute atomic E-state index is 2.43. The predicted molar refractivity (Wildman–Crippen MR) is 451 cm³/mol. The van der Waals surface area contributed by atoms with E-state index in [4.69, 9.17) is 0 Å². The molecule has 18 aromatic rings. The van der Waals surface area contributed by atoms with Gasteiger partial charge in [-0.1, -0.05) is 352 Å². The summed E-state index contributed by atoms with van der Waals surface area (Å²) >= 11 is 0. The van der Waals surface area contributed by atoms with Gasteiger partial charge in [0, 0.05) is 33.9 Å². The highest BCUT2D eigenvalue weighted by Gasteiger charge is 2.23. The first-order valence-corrected chi connectivity index (χ1v) is 36.4. The van der Waals surface area contributed by atoms with Gasteiger partial charge < -0.3 is 9.80 Å². The molecule has 2 heteroatoms. The third-order valence-electron chi connectivity index (χ3n) is 20.7. The van der Waals surface area contributed by atoms with Crippen LogP contribution < -0.4 is 9.80 Å². The SMILES string of the molecule is c1ccc(-c2ccc(N(c3ccc(-c4cccc5c(-c6cccc(-c7ccc(N(c8ccc(-c9cccc%10ccccc9%10)cc8)c8ccc(-c9cccc(-c%10ccccc%10)c9)cc8-c8ccccc8)cc7)c6)cccc45)cc3)c3ccc(-c4ccccc4-c4ccccc4)cc3-c3ccccc3)cc2)cc1. The molecule has 0 fully saturated rings. The molecule has 498 valence electrons.